The summed E-state index contributed by atoms with van der Waals surface area (Å²) in [7, 11) is 2.24. The van der Waals surface area contributed by atoms with Crippen molar-refractivity contribution in [2.75, 3.05) is 13.6 Å². The molecule has 0 saturated heterocycles. The molecule has 1 heteroatoms. The van der Waals surface area contributed by atoms with Gasteiger partial charge in [0, 0.05) is 6.54 Å². The topological polar surface area (TPSA) is 3.24 Å². The summed E-state index contributed by atoms with van der Waals surface area (Å²) in [5, 5.41) is 2.69. The minimum absolute atomic E-state index is 0.362. The Hall–Kier alpha value is -2.12. The van der Waals surface area contributed by atoms with E-state index in [1.165, 1.54) is 27.5 Å². The largest absolute Gasteiger partial charge is 0.295 e. The molecule has 0 aromatic heterocycles. The summed E-state index contributed by atoms with van der Waals surface area (Å²) in [5.74, 6) is 0. The van der Waals surface area contributed by atoms with E-state index in [1.54, 1.807) is 0 Å². The molecule has 1 heterocycles. The smallest absolute Gasteiger partial charge is 0.0608 e. The van der Waals surface area contributed by atoms with Crippen molar-refractivity contribution in [2.45, 2.75) is 12.5 Å². The molecule has 0 fully saturated rings. The molecule has 1 unspecified atom stereocenters. The maximum Gasteiger partial charge on any atom is 0.0608 e. The summed E-state index contributed by atoms with van der Waals surface area (Å²) in [6.07, 6.45) is 1.15. The first kappa shape index (κ1) is 12.6. The van der Waals surface area contributed by atoms with Crippen molar-refractivity contribution < 1.29 is 0 Å². The van der Waals surface area contributed by atoms with Gasteiger partial charge in [0.2, 0.25) is 0 Å². The molecule has 104 valence electrons. The average molecular weight is 273 g/mol. The third-order valence-corrected chi connectivity index (χ3v) is 4.64. The van der Waals surface area contributed by atoms with E-state index in [4.69, 9.17) is 0 Å². The van der Waals surface area contributed by atoms with Crippen LogP contribution >= 0.6 is 0 Å². The zero-order chi connectivity index (χ0) is 14.2. The lowest BCUT2D eigenvalue weighted by Gasteiger charge is -2.35. The van der Waals surface area contributed by atoms with Crippen LogP contribution in [0.3, 0.4) is 0 Å². The molecule has 1 aliphatic heterocycles. The quantitative estimate of drug-likeness (QED) is 0.634. The van der Waals surface area contributed by atoms with Gasteiger partial charge in [0.05, 0.1) is 6.04 Å². The molecule has 0 bridgehead atoms. The second-order valence-corrected chi connectivity index (χ2v) is 5.90. The highest BCUT2D eigenvalue weighted by Crippen LogP contribution is 2.37. The fraction of sp³-hybridized carbons (Fsp3) is 0.200. The Morgan fingerprint density at radius 1 is 0.810 bits per heavy atom. The summed E-state index contributed by atoms with van der Waals surface area (Å²) in [6, 6.07) is 24.6. The van der Waals surface area contributed by atoms with Crippen LogP contribution in [-0.2, 0) is 6.42 Å². The Balaban J connectivity index is 1.96. The van der Waals surface area contributed by atoms with Crippen molar-refractivity contribution in [3.8, 4) is 0 Å². The number of fused-ring (bicyclic) bond motifs is 2. The van der Waals surface area contributed by atoms with E-state index in [-0.39, 0.29) is 0 Å². The molecule has 0 spiro atoms. The molecule has 1 nitrogen and oxygen atoms in total. The van der Waals surface area contributed by atoms with E-state index in [0.29, 0.717) is 6.04 Å². The second-order valence-electron chi connectivity index (χ2n) is 5.90. The van der Waals surface area contributed by atoms with Gasteiger partial charge in [0.15, 0.2) is 0 Å². The highest BCUT2D eigenvalue weighted by molar-refractivity contribution is 5.86. The monoisotopic (exact) mass is 273 g/mol. The molecule has 3 aromatic rings. The van der Waals surface area contributed by atoms with Crippen LogP contribution in [0, 0.1) is 0 Å². The lowest BCUT2D eigenvalue weighted by molar-refractivity contribution is 0.266. The first-order chi connectivity index (χ1) is 10.3. The molecule has 0 aliphatic carbocycles. The van der Waals surface area contributed by atoms with Crippen LogP contribution in [0.4, 0.5) is 0 Å². The molecule has 1 atom stereocenters. The van der Waals surface area contributed by atoms with Gasteiger partial charge in [-0.3, -0.25) is 4.90 Å². The summed E-state index contributed by atoms with van der Waals surface area (Å²) < 4.78 is 0. The van der Waals surface area contributed by atoms with Gasteiger partial charge in [-0.05, 0) is 40.9 Å². The maximum absolute atomic E-state index is 2.48. The third kappa shape index (κ3) is 2.05. The van der Waals surface area contributed by atoms with Crippen LogP contribution in [0.1, 0.15) is 22.7 Å². The van der Waals surface area contributed by atoms with E-state index in [0.717, 1.165) is 13.0 Å². The Labute approximate surface area is 125 Å². The van der Waals surface area contributed by atoms with Gasteiger partial charge in [-0.15, -0.1) is 0 Å². The van der Waals surface area contributed by atoms with E-state index < -0.39 is 0 Å². The molecule has 0 N–H and O–H groups in total. The molecule has 0 saturated carbocycles. The Morgan fingerprint density at radius 2 is 1.52 bits per heavy atom. The van der Waals surface area contributed by atoms with E-state index >= 15 is 0 Å². The highest BCUT2D eigenvalue weighted by atomic mass is 15.1. The summed E-state index contributed by atoms with van der Waals surface area (Å²) >= 11 is 0. The van der Waals surface area contributed by atoms with E-state index in [9.17, 15) is 0 Å². The predicted molar refractivity (Wildman–Crippen MR) is 88.6 cm³/mol. The van der Waals surface area contributed by atoms with Gasteiger partial charge in [0.1, 0.15) is 0 Å². The summed E-state index contributed by atoms with van der Waals surface area (Å²) in [5.41, 5.74) is 4.37. The number of rotatable bonds is 1. The number of hydrogen-bond donors (Lipinski definition) is 0. The van der Waals surface area contributed by atoms with Crippen LogP contribution in [-0.4, -0.2) is 18.5 Å². The van der Waals surface area contributed by atoms with Gasteiger partial charge < -0.3 is 0 Å². The van der Waals surface area contributed by atoms with Gasteiger partial charge in [-0.1, -0.05) is 66.7 Å². The van der Waals surface area contributed by atoms with E-state index in [2.05, 4.69) is 78.7 Å². The lowest BCUT2D eigenvalue weighted by atomic mass is 9.86. The Bertz CT molecular complexity index is 785. The van der Waals surface area contributed by atoms with Gasteiger partial charge in [0.25, 0.3) is 0 Å². The lowest BCUT2D eigenvalue weighted by Crippen LogP contribution is -2.32. The summed E-state index contributed by atoms with van der Waals surface area (Å²) in [6.45, 7) is 1.12. The third-order valence-electron chi connectivity index (χ3n) is 4.64. The number of hydrogen-bond acceptors (Lipinski definition) is 1. The van der Waals surface area contributed by atoms with Crippen molar-refractivity contribution in [3.63, 3.8) is 0 Å². The standard InChI is InChI=1S/C20H19N/c1-21-14-13-16-8-3-5-11-18(16)20(21)19-12-6-9-15-7-2-4-10-17(15)19/h2-12,20H,13-14H2,1H3. The molecule has 3 aromatic carbocycles. The van der Waals surface area contributed by atoms with Crippen molar-refractivity contribution >= 4 is 10.8 Å². The number of benzene rings is 3. The van der Waals surface area contributed by atoms with Crippen LogP contribution in [0.25, 0.3) is 10.8 Å². The molecule has 0 amide bonds. The molecule has 21 heavy (non-hydrogen) atoms. The SMILES string of the molecule is CN1CCc2ccccc2C1c1cccc2ccccc12. The molecular weight excluding hydrogens is 254 g/mol. The Morgan fingerprint density at radius 3 is 2.48 bits per heavy atom. The van der Waals surface area contributed by atoms with Gasteiger partial charge in [-0.25, -0.2) is 0 Å². The fourth-order valence-corrected chi connectivity index (χ4v) is 3.59. The van der Waals surface area contributed by atoms with Crippen molar-refractivity contribution in [1.82, 2.24) is 4.90 Å². The molecule has 4 rings (SSSR count). The normalized spacial score (nSPS) is 18.6. The van der Waals surface area contributed by atoms with Crippen molar-refractivity contribution in [3.05, 3.63) is 83.4 Å². The van der Waals surface area contributed by atoms with Crippen LogP contribution in [0.15, 0.2) is 66.7 Å². The number of likely N-dealkylation sites (N-methyl/N-ethyl adjacent to an activating group) is 1. The van der Waals surface area contributed by atoms with Gasteiger partial charge in [-0.2, -0.15) is 0 Å². The van der Waals surface area contributed by atoms with Crippen LogP contribution < -0.4 is 0 Å². The second kappa shape index (κ2) is 5.01. The minimum atomic E-state index is 0.362. The zero-order valence-corrected chi connectivity index (χ0v) is 12.3. The first-order valence-corrected chi connectivity index (χ1v) is 7.60. The average Bonchev–Trinajstić information content (AvgIpc) is 2.54. The van der Waals surface area contributed by atoms with Crippen molar-refractivity contribution in [2.24, 2.45) is 0 Å². The molecule has 0 radical (unpaired) electrons. The van der Waals surface area contributed by atoms with E-state index in [1.807, 2.05) is 0 Å². The van der Waals surface area contributed by atoms with Crippen molar-refractivity contribution in [1.29, 1.82) is 0 Å². The predicted octanol–water partition coefficient (Wildman–Crippen LogP) is 4.42. The molecular formula is C20H19N. The van der Waals surface area contributed by atoms with Crippen LogP contribution in [0.2, 0.25) is 0 Å². The fourth-order valence-electron chi connectivity index (χ4n) is 3.59. The van der Waals surface area contributed by atoms with Crippen LogP contribution in [0.5, 0.6) is 0 Å². The Kier molecular flexibility index (Phi) is 3.01. The van der Waals surface area contributed by atoms with Gasteiger partial charge >= 0.3 is 0 Å². The summed E-state index contributed by atoms with van der Waals surface area (Å²) in [4.78, 5) is 2.48. The maximum atomic E-state index is 2.48. The first-order valence-electron chi connectivity index (χ1n) is 7.60. The number of nitrogens with zero attached hydrogens (tertiary/aromatic N) is 1. The molecule has 1 aliphatic rings. The minimum Gasteiger partial charge on any atom is -0.295 e. The highest BCUT2D eigenvalue weighted by Gasteiger charge is 2.26. The zero-order valence-electron chi connectivity index (χ0n) is 12.3.